The molecule has 0 bridgehead atoms. The average molecular weight is 423 g/mol. The molecule has 0 aliphatic rings. The number of hydrogen-bond donors (Lipinski definition) is 0. The number of esters is 1. The Hall–Kier alpha value is -1.82. The van der Waals surface area contributed by atoms with E-state index in [1.165, 1.54) is 7.11 Å². The Kier molecular flexibility index (Phi) is 9.39. The van der Waals surface area contributed by atoms with Crippen molar-refractivity contribution in [1.82, 2.24) is 0 Å². The molecule has 0 spiro atoms. The van der Waals surface area contributed by atoms with Crippen LogP contribution in [0.2, 0.25) is 10.0 Å². The number of nitrogens with zero attached hydrogens (tertiary/aromatic N) is 2. The van der Waals surface area contributed by atoms with Crippen LogP contribution in [0.4, 0.5) is 0 Å². The van der Waals surface area contributed by atoms with Crippen molar-refractivity contribution in [3.63, 3.8) is 0 Å². The summed E-state index contributed by atoms with van der Waals surface area (Å²) in [5, 5.41) is 1.36. The zero-order chi connectivity index (χ0) is 19.5. The van der Waals surface area contributed by atoms with Gasteiger partial charge in [-0.1, -0.05) is 47.5 Å². The Morgan fingerprint density at radius 2 is 1.59 bits per heavy atom. The molecule has 0 aliphatic carbocycles. The number of carbonyl (C=O) groups is 1. The molecule has 0 fully saturated rings. The van der Waals surface area contributed by atoms with E-state index in [0.717, 1.165) is 16.9 Å². The molecule has 0 N–H and O–H groups in total. The molecule has 27 heavy (non-hydrogen) atoms. The molecule has 2 rings (SSSR count). The monoisotopic (exact) mass is 422 g/mol. The normalized spacial score (nSPS) is 12.6. The largest absolute Gasteiger partial charge is 0.467 e. The molecule has 0 heterocycles. The van der Waals surface area contributed by atoms with E-state index >= 15 is 0 Å². The van der Waals surface area contributed by atoms with Crippen LogP contribution in [0.25, 0.3) is 0 Å². The summed E-state index contributed by atoms with van der Waals surface area (Å²) in [5.74, 6) is 0.971. The average Bonchev–Trinajstić information content (AvgIpc) is 2.69. The van der Waals surface area contributed by atoms with Crippen molar-refractivity contribution < 1.29 is 9.53 Å². The van der Waals surface area contributed by atoms with Crippen LogP contribution >= 0.6 is 35.0 Å². The van der Waals surface area contributed by atoms with Crippen LogP contribution in [0.3, 0.4) is 0 Å². The summed E-state index contributed by atoms with van der Waals surface area (Å²) in [5.41, 5.74) is 1.88. The minimum Gasteiger partial charge on any atom is -0.467 e. The second-order valence-electron chi connectivity index (χ2n) is 5.53. The summed E-state index contributed by atoms with van der Waals surface area (Å²) in [4.78, 5) is 20.6. The Balaban J connectivity index is 1.79. The molecule has 1 atom stereocenters. The molecule has 2 aromatic carbocycles. The molecule has 0 amide bonds. The smallest absolute Gasteiger partial charge is 0.331 e. The Labute approximate surface area is 173 Å². The zero-order valence-electron chi connectivity index (χ0n) is 14.8. The number of thioether (sulfide) groups is 1. The highest BCUT2D eigenvalue weighted by molar-refractivity contribution is 7.99. The summed E-state index contributed by atoms with van der Waals surface area (Å²) in [6, 6.07) is 14.2. The Morgan fingerprint density at radius 1 is 1.04 bits per heavy atom. The lowest BCUT2D eigenvalue weighted by atomic mass is 10.2. The maximum Gasteiger partial charge on any atom is 0.331 e. The van der Waals surface area contributed by atoms with E-state index in [4.69, 9.17) is 27.9 Å². The minimum absolute atomic E-state index is 0.350. The molecule has 7 heteroatoms. The number of carbonyl (C=O) groups excluding carboxylic acids is 1. The number of rotatable bonds is 9. The van der Waals surface area contributed by atoms with Crippen molar-refractivity contribution in [3.05, 3.63) is 69.7 Å². The van der Waals surface area contributed by atoms with Crippen LogP contribution in [0, 0.1) is 0 Å². The summed E-state index contributed by atoms with van der Waals surface area (Å²) >= 11 is 13.3. The lowest BCUT2D eigenvalue weighted by molar-refractivity contribution is -0.141. The second-order valence-corrected chi connectivity index (χ2v) is 7.55. The lowest BCUT2D eigenvalue weighted by Crippen LogP contribution is -2.23. The van der Waals surface area contributed by atoms with Gasteiger partial charge in [-0.2, -0.15) is 11.8 Å². The topological polar surface area (TPSA) is 51.0 Å². The summed E-state index contributed by atoms with van der Waals surface area (Å²) in [7, 11) is 1.37. The summed E-state index contributed by atoms with van der Waals surface area (Å²) < 4.78 is 4.84. The van der Waals surface area contributed by atoms with Crippen LogP contribution in [0.1, 0.15) is 11.1 Å². The van der Waals surface area contributed by atoms with Crippen LogP contribution in [0.15, 0.2) is 58.5 Å². The predicted molar refractivity (Wildman–Crippen MR) is 116 cm³/mol. The van der Waals surface area contributed by atoms with Gasteiger partial charge in [-0.25, -0.2) is 4.79 Å². The SMILES string of the molecule is COC(=O)[C@H](CSCCN=Cc1ccc(Cl)cc1)N=Cc1ccc(Cl)cc1. The van der Waals surface area contributed by atoms with Crippen molar-refractivity contribution in [3.8, 4) is 0 Å². The third-order valence-corrected chi connectivity index (χ3v) is 5.02. The quantitative estimate of drug-likeness (QED) is 0.331. The molecular weight excluding hydrogens is 403 g/mol. The van der Waals surface area contributed by atoms with Gasteiger partial charge in [0.05, 0.1) is 7.11 Å². The minimum atomic E-state index is -0.545. The van der Waals surface area contributed by atoms with Gasteiger partial charge in [0, 0.05) is 40.5 Å². The maximum atomic E-state index is 11.9. The predicted octanol–water partition coefficient (Wildman–Crippen LogP) is 4.81. The van der Waals surface area contributed by atoms with Crippen LogP contribution in [0.5, 0.6) is 0 Å². The molecule has 0 saturated heterocycles. The highest BCUT2D eigenvalue weighted by Gasteiger charge is 2.17. The first kappa shape index (κ1) is 21.5. The molecule has 0 radical (unpaired) electrons. The molecule has 142 valence electrons. The first-order chi connectivity index (χ1) is 13.1. The second kappa shape index (κ2) is 11.8. The van der Waals surface area contributed by atoms with Crippen molar-refractivity contribution in [2.75, 3.05) is 25.2 Å². The number of hydrogen-bond acceptors (Lipinski definition) is 5. The number of ether oxygens (including phenoxy) is 1. The van der Waals surface area contributed by atoms with E-state index in [2.05, 4.69) is 9.98 Å². The van der Waals surface area contributed by atoms with E-state index in [9.17, 15) is 4.79 Å². The Morgan fingerprint density at radius 3 is 2.15 bits per heavy atom. The van der Waals surface area contributed by atoms with E-state index in [0.29, 0.717) is 22.3 Å². The van der Waals surface area contributed by atoms with Gasteiger partial charge in [-0.3, -0.25) is 9.98 Å². The van der Waals surface area contributed by atoms with Crippen molar-refractivity contribution in [2.45, 2.75) is 6.04 Å². The number of halogens is 2. The first-order valence-corrected chi connectivity index (χ1v) is 10.2. The fourth-order valence-corrected chi connectivity index (χ4v) is 3.16. The van der Waals surface area contributed by atoms with E-state index in [-0.39, 0.29) is 5.97 Å². The van der Waals surface area contributed by atoms with Crippen molar-refractivity contribution in [1.29, 1.82) is 0 Å². The van der Waals surface area contributed by atoms with Crippen LogP contribution in [-0.4, -0.2) is 49.6 Å². The third-order valence-electron chi connectivity index (χ3n) is 3.50. The third kappa shape index (κ3) is 8.16. The first-order valence-electron chi connectivity index (χ1n) is 8.28. The molecule has 0 aliphatic heterocycles. The maximum absolute atomic E-state index is 11.9. The number of aliphatic imine (C=N–C) groups is 2. The van der Waals surface area contributed by atoms with Gasteiger partial charge in [0.2, 0.25) is 0 Å². The van der Waals surface area contributed by atoms with E-state index < -0.39 is 6.04 Å². The highest BCUT2D eigenvalue weighted by Crippen LogP contribution is 2.11. The van der Waals surface area contributed by atoms with Crippen molar-refractivity contribution >= 4 is 53.4 Å². The van der Waals surface area contributed by atoms with Gasteiger partial charge in [0.15, 0.2) is 6.04 Å². The van der Waals surface area contributed by atoms with Gasteiger partial charge in [0.25, 0.3) is 0 Å². The van der Waals surface area contributed by atoms with Gasteiger partial charge in [-0.05, 0) is 35.4 Å². The number of benzene rings is 2. The van der Waals surface area contributed by atoms with Gasteiger partial charge in [0.1, 0.15) is 0 Å². The van der Waals surface area contributed by atoms with Gasteiger partial charge in [-0.15, -0.1) is 0 Å². The Bertz CT molecular complexity index is 778. The molecule has 2 aromatic rings. The lowest BCUT2D eigenvalue weighted by Gasteiger charge is -2.09. The standard InChI is InChI=1S/C20H20Cl2N2O2S/c1-26-20(25)19(24-13-16-4-8-18(22)9-5-16)14-27-11-10-23-12-15-2-6-17(21)7-3-15/h2-9,12-13,19H,10-11,14H2,1H3/t19-/m0/s1. The van der Waals surface area contributed by atoms with Crippen LogP contribution < -0.4 is 0 Å². The summed E-state index contributed by atoms with van der Waals surface area (Å²) in [6.07, 6.45) is 3.48. The fourth-order valence-electron chi connectivity index (χ4n) is 2.06. The zero-order valence-corrected chi connectivity index (χ0v) is 17.2. The van der Waals surface area contributed by atoms with Gasteiger partial charge < -0.3 is 4.74 Å². The van der Waals surface area contributed by atoms with Crippen molar-refractivity contribution in [2.24, 2.45) is 9.98 Å². The summed E-state index contributed by atoms with van der Waals surface area (Å²) in [6.45, 7) is 0.655. The molecular formula is C20H20Cl2N2O2S. The van der Waals surface area contributed by atoms with Gasteiger partial charge >= 0.3 is 5.97 Å². The number of methoxy groups -OCH3 is 1. The molecule has 4 nitrogen and oxygen atoms in total. The molecule has 0 unspecified atom stereocenters. The highest BCUT2D eigenvalue weighted by atomic mass is 35.5. The van der Waals surface area contributed by atoms with E-state index in [1.54, 1.807) is 30.1 Å². The molecule has 0 saturated carbocycles. The molecule has 0 aromatic heterocycles. The fraction of sp³-hybridized carbons (Fsp3) is 0.250. The van der Waals surface area contributed by atoms with E-state index in [1.807, 2.05) is 42.6 Å². The van der Waals surface area contributed by atoms with Crippen LogP contribution in [-0.2, 0) is 9.53 Å².